The summed E-state index contributed by atoms with van der Waals surface area (Å²) in [6.45, 7) is 5.22. The highest BCUT2D eigenvalue weighted by molar-refractivity contribution is 5.25. The van der Waals surface area contributed by atoms with Crippen molar-refractivity contribution < 1.29 is 17.9 Å². The van der Waals surface area contributed by atoms with Crippen LogP contribution in [0.25, 0.3) is 0 Å². The van der Waals surface area contributed by atoms with Crippen LogP contribution in [-0.4, -0.2) is 35.2 Å². The molecule has 1 aromatic heterocycles. The molecule has 0 saturated heterocycles. The molecule has 0 amide bonds. The smallest absolute Gasteiger partial charge is 0.372 e. The zero-order chi connectivity index (χ0) is 15.3. The van der Waals surface area contributed by atoms with Gasteiger partial charge in [0.05, 0.1) is 5.69 Å². The summed E-state index contributed by atoms with van der Waals surface area (Å²) in [5.41, 5.74) is 8.86. The number of nitrogens with zero attached hydrogens (tertiary/aromatic N) is 2. The van der Waals surface area contributed by atoms with E-state index in [1.54, 1.807) is 0 Å². The lowest BCUT2D eigenvalue weighted by Gasteiger charge is -2.09. The molecule has 0 fully saturated rings. The van der Waals surface area contributed by atoms with Crippen LogP contribution in [0.1, 0.15) is 30.3 Å². The van der Waals surface area contributed by atoms with Gasteiger partial charge < -0.3 is 10.5 Å². The van der Waals surface area contributed by atoms with Crippen molar-refractivity contribution in [1.82, 2.24) is 9.78 Å². The Morgan fingerprint density at radius 1 is 1.35 bits per heavy atom. The summed E-state index contributed by atoms with van der Waals surface area (Å²) in [5.74, 6) is 0. The van der Waals surface area contributed by atoms with E-state index in [0.29, 0.717) is 13.0 Å². The Morgan fingerprint density at radius 2 is 2.00 bits per heavy atom. The zero-order valence-electron chi connectivity index (χ0n) is 12.1. The number of ether oxygens (including phenoxy) is 1. The fourth-order valence-corrected chi connectivity index (χ4v) is 2.07. The molecule has 116 valence electrons. The fraction of sp³-hybridized carbons (Fsp3) is 0.769. The summed E-state index contributed by atoms with van der Waals surface area (Å²) in [6, 6.07) is 0.0557. The quantitative estimate of drug-likeness (QED) is 0.785. The first-order valence-corrected chi connectivity index (χ1v) is 6.63. The topological polar surface area (TPSA) is 53.1 Å². The Hall–Kier alpha value is -1.08. The summed E-state index contributed by atoms with van der Waals surface area (Å²) in [5, 5.41) is 4.39. The zero-order valence-corrected chi connectivity index (χ0v) is 12.1. The van der Waals surface area contributed by atoms with Gasteiger partial charge in [-0.2, -0.15) is 18.3 Å². The highest BCUT2D eigenvalue weighted by Gasteiger charge is 2.27. The number of aryl methyl sites for hydroxylation is 2. The number of hydrogen-bond donors (Lipinski definition) is 1. The van der Waals surface area contributed by atoms with Crippen molar-refractivity contribution in [3.05, 3.63) is 17.0 Å². The molecule has 1 aromatic rings. The molecule has 2 N–H and O–H groups in total. The molecule has 1 atom stereocenters. The van der Waals surface area contributed by atoms with Gasteiger partial charge in [-0.25, -0.2) is 0 Å². The summed E-state index contributed by atoms with van der Waals surface area (Å²) in [6.07, 6.45) is -3.01. The van der Waals surface area contributed by atoms with Crippen LogP contribution >= 0.6 is 0 Å². The molecule has 0 aliphatic heterocycles. The summed E-state index contributed by atoms with van der Waals surface area (Å²) < 4.78 is 42.1. The van der Waals surface area contributed by atoms with Crippen LogP contribution in [0.4, 0.5) is 13.2 Å². The molecule has 1 unspecified atom stereocenters. The highest BCUT2D eigenvalue weighted by Crippen LogP contribution is 2.16. The number of halogens is 3. The van der Waals surface area contributed by atoms with Gasteiger partial charge in [0.1, 0.15) is 6.61 Å². The molecule has 20 heavy (non-hydrogen) atoms. The van der Waals surface area contributed by atoms with E-state index >= 15 is 0 Å². The average molecular weight is 293 g/mol. The SMILES string of the molecule is Cc1nn(CCCOCC(F)(F)F)c(C)c1CC(C)N. The van der Waals surface area contributed by atoms with E-state index in [9.17, 15) is 13.2 Å². The van der Waals surface area contributed by atoms with Crippen LogP contribution in [0.2, 0.25) is 0 Å². The minimum absolute atomic E-state index is 0.0557. The Bertz CT molecular complexity index is 427. The highest BCUT2D eigenvalue weighted by atomic mass is 19.4. The first kappa shape index (κ1) is 17.0. The minimum Gasteiger partial charge on any atom is -0.372 e. The summed E-state index contributed by atoms with van der Waals surface area (Å²) in [4.78, 5) is 0. The van der Waals surface area contributed by atoms with Gasteiger partial charge in [0, 0.05) is 24.9 Å². The maximum Gasteiger partial charge on any atom is 0.411 e. The van der Waals surface area contributed by atoms with Crippen molar-refractivity contribution in [3.8, 4) is 0 Å². The lowest BCUT2D eigenvalue weighted by Crippen LogP contribution is -2.19. The van der Waals surface area contributed by atoms with E-state index in [1.165, 1.54) is 0 Å². The molecule has 1 heterocycles. The van der Waals surface area contributed by atoms with Crippen LogP contribution in [0.5, 0.6) is 0 Å². The van der Waals surface area contributed by atoms with Gasteiger partial charge in [-0.1, -0.05) is 0 Å². The fourth-order valence-electron chi connectivity index (χ4n) is 2.07. The summed E-state index contributed by atoms with van der Waals surface area (Å²) in [7, 11) is 0. The molecular weight excluding hydrogens is 271 g/mol. The molecule has 0 aliphatic carbocycles. The Morgan fingerprint density at radius 3 is 2.55 bits per heavy atom. The molecule has 4 nitrogen and oxygen atoms in total. The van der Waals surface area contributed by atoms with Crippen molar-refractivity contribution in [2.45, 2.75) is 52.4 Å². The van der Waals surface area contributed by atoms with E-state index in [4.69, 9.17) is 5.73 Å². The van der Waals surface area contributed by atoms with Crippen molar-refractivity contribution >= 4 is 0 Å². The predicted molar refractivity (Wildman–Crippen MR) is 70.5 cm³/mol. The van der Waals surface area contributed by atoms with Gasteiger partial charge in [0.25, 0.3) is 0 Å². The molecule has 0 radical (unpaired) electrons. The van der Waals surface area contributed by atoms with Gasteiger partial charge in [0.15, 0.2) is 0 Å². The minimum atomic E-state index is -4.26. The van der Waals surface area contributed by atoms with Crippen molar-refractivity contribution in [3.63, 3.8) is 0 Å². The first-order valence-electron chi connectivity index (χ1n) is 6.63. The second kappa shape index (κ2) is 7.08. The monoisotopic (exact) mass is 293 g/mol. The van der Waals surface area contributed by atoms with Crippen LogP contribution in [0, 0.1) is 13.8 Å². The van der Waals surface area contributed by atoms with Crippen LogP contribution < -0.4 is 5.73 Å². The molecule has 0 saturated carbocycles. The predicted octanol–water partition coefficient (Wildman–Crippen LogP) is 2.36. The number of aromatic nitrogens is 2. The normalized spacial score (nSPS) is 13.8. The second-order valence-electron chi connectivity index (χ2n) is 5.08. The third-order valence-electron chi connectivity index (χ3n) is 2.98. The number of hydrogen-bond acceptors (Lipinski definition) is 3. The molecule has 0 bridgehead atoms. The standard InChI is InChI=1S/C13H22F3N3O/c1-9(17)7-12-10(2)18-19(11(12)3)5-4-6-20-8-13(14,15)16/h9H,4-8,17H2,1-3H3. The number of alkyl halides is 3. The third-order valence-corrected chi connectivity index (χ3v) is 2.98. The van der Waals surface area contributed by atoms with E-state index in [1.807, 2.05) is 25.5 Å². The first-order chi connectivity index (χ1) is 9.20. The average Bonchev–Trinajstić information content (AvgIpc) is 2.54. The molecule has 0 spiro atoms. The van der Waals surface area contributed by atoms with E-state index in [2.05, 4.69) is 9.84 Å². The lowest BCUT2D eigenvalue weighted by molar-refractivity contribution is -0.174. The van der Waals surface area contributed by atoms with Gasteiger partial charge in [-0.15, -0.1) is 0 Å². The van der Waals surface area contributed by atoms with Crippen LogP contribution in [0.3, 0.4) is 0 Å². The maximum absolute atomic E-state index is 11.9. The Balaban J connectivity index is 2.45. The molecule has 7 heteroatoms. The lowest BCUT2D eigenvalue weighted by atomic mass is 10.1. The van der Waals surface area contributed by atoms with Gasteiger partial charge in [0.2, 0.25) is 0 Å². The van der Waals surface area contributed by atoms with Gasteiger partial charge in [-0.05, 0) is 39.2 Å². The Labute approximate surface area is 117 Å². The maximum atomic E-state index is 11.9. The number of nitrogens with two attached hydrogens (primary N) is 1. The van der Waals surface area contributed by atoms with Crippen molar-refractivity contribution in [2.24, 2.45) is 5.73 Å². The summed E-state index contributed by atoms with van der Waals surface area (Å²) >= 11 is 0. The molecule has 0 aliphatic rings. The van der Waals surface area contributed by atoms with Crippen LogP contribution in [-0.2, 0) is 17.7 Å². The van der Waals surface area contributed by atoms with Crippen LogP contribution in [0.15, 0.2) is 0 Å². The van der Waals surface area contributed by atoms with Crippen molar-refractivity contribution in [2.75, 3.05) is 13.2 Å². The van der Waals surface area contributed by atoms with Gasteiger partial charge >= 0.3 is 6.18 Å². The van der Waals surface area contributed by atoms with E-state index in [0.717, 1.165) is 23.4 Å². The van der Waals surface area contributed by atoms with Crippen molar-refractivity contribution in [1.29, 1.82) is 0 Å². The number of rotatable bonds is 7. The largest absolute Gasteiger partial charge is 0.411 e. The molecular formula is C13H22F3N3O. The second-order valence-corrected chi connectivity index (χ2v) is 5.08. The third kappa shape index (κ3) is 5.50. The van der Waals surface area contributed by atoms with E-state index in [-0.39, 0.29) is 12.6 Å². The van der Waals surface area contributed by atoms with E-state index < -0.39 is 12.8 Å². The Kier molecular flexibility index (Phi) is 6.01. The molecule has 0 aromatic carbocycles. The molecule has 1 rings (SSSR count). The van der Waals surface area contributed by atoms with Gasteiger partial charge in [-0.3, -0.25) is 4.68 Å².